The molecule has 0 bridgehead atoms. The number of likely N-dealkylation sites (tertiary alicyclic amines) is 1. The van der Waals surface area contributed by atoms with Crippen LogP contribution in [0.15, 0.2) is 30.5 Å². The first-order chi connectivity index (χ1) is 11.6. The van der Waals surface area contributed by atoms with Crippen molar-refractivity contribution in [2.75, 3.05) is 13.1 Å². The van der Waals surface area contributed by atoms with Crippen LogP contribution in [0.3, 0.4) is 0 Å². The molecule has 6 heteroatoms. The molecule has 24 heavy (non-hydrogen) atoms. The van der Waals surface area contributed by atoms with E-state index in [4.69, 9.17) is 5.73 Å². The van der Waals surface area contributed by atoms with E-state index in [1.54, 1.807) is 18.3 Å². The van der Waals surface area contributed by atoms with E-state index in [1.807, 2.05) is 4.90 Å². The molecular weight excluding hydrogens is 325 g/mol. The minimum Gasteiger partial charge on any atom is -0.333 e. The molecule has 1 fully saturated rings. The van der Waals surface area contributed by atoms with Crippen LogP contribution in [0.25, 0.3) is 0 Å². The summed E-state index contributed by atoms with van der Waals surface area (Å²) in [5.41, 5.74) is 6.87. The van der Waals surface area contributed by atoms with Gasteiger partial charge in [0.1, 0.15) is 10.7 Å². The smallest absolute Gasteiger partial charge is 0.265 e. The monoisotopic (exact) mass is 347 g/mol. The van der Waals surface area contributed by atoms with Crippen molar-refractivity contribution in [3.8, 4) is 0 Å². The maximum atomic E-state index is 13.0. The Bertz CT molecular complexity index is 701. The average molecular weight is 347 g/mol. The minimum atomic E-state index is -0.249. The summed E-state index contributed by atoms with van der Waals surface area (Å²) in [5.74, 6) is 0.208. The Balaban J connectivity index is 1.72. The van der Waals surface area contributed by atoms with Crippen LogP contribution in [-0.2, 0) is 6.42 Å². The van der Waals surface area contributed by atoms with Crippen molar-refractivity contribution in [2.45, 2.75) is 32.2 Å². The van der Waals surface area contributed by atoms with Gasteiger partial charge in [0.25, 0.3) is 5.91 Å². The summed E-state index contributed by atoms with van der Waals surface area (Å²) < 4.78 is 13.0. The zero-order valence-corrected chi connectivity index (χ0v) is 14.6. The average Bonchev–Trinajstić information content (AvgIpc) is 3.04. The van der Waals surface area contributed by atoms with Gasteiger partial charge in [0, 0.05) is 25.6 Å². The van der Waals surface area contributed by atoms with Crippen molar-refractivity contribution >= 4 is 17.2 Å². The van der Waals surface area contributed by atoms with E-state index < -0.39 is 0 Å². The quantitative estimate of drug-likeness (QED) is 0.925. The number of rotatable bonds is 4. The number of piperidine rings is 1. The Morgan fingerprint density at radius 2 is 2.17 bits per heavy atom. The fraction of sp³-hybridized carbons (Fsp3) is 0.444. The summed E-state index contributed by atoms with van der Waals surface area (Å²) >= 11 is 1.41. The highest BCUT2D eigenvalue weighted by Crippen LogP contribution is 2.26. The molecule has 2 N–H and O–H groups in total. The van der Waals surface area contributed by atoms with Gasteiger partial charge in [-0.2, -0.15) is 0 Å². The molecule has 1 aliphatic rings. The van der Waals surface area contributed by atoms with Gasteiger partial charge in [0.05, 0.1) is 11.2 Å². The number of carbonyl (C=O) groups excluding carboxylic acids is 1. The zero-order chi connectivity index (χ0) is 17.1. The predicted octanol–water partition coefficient (Wildman–Crippen LogP) is 3.07. The number of nitrogens with two attached hydrogens (primary N) is 1. The number of aromatic nitrogens is 1. The topological polar surface area (TPSA) is 59.2 Å². The van der Waals surface area contributed by atoms with Crippen LogP contribution in [0.4, 0.5) is 4.39 Å². The Morgan fingerprint density at radius 1 is 1.42 bits per heavy atom. The maximum Gasteiger partial charge on any atom is 0.265 e. The van der Waals surface area contributed by atoms with E-state index in [9.17, 15) is 9.18 Å². The molecule has 1 aromatic heterocycles. The Morgan fingerprint density at radius 3 is 2.88 bits per heavy atom. The largest absolute Gasteiger partial charge is 0.333 e. The van der Waals surface area contributed by atoms with Gasteiger partial charge in [0.2, 0.25) is 0 Å². The number of thiazole rings is 1. The van der Waals surface area contributed by atoms with Crippen LogP contribution in [0, 0.1) is 11.7 Å². The van der Waals surface area contributed by atoms with E-state index in [1.165, 1.54) is 23.5 Å². The van der Waals surface area contributed by atoms with E-state index in [0.29, 0.717) is 23.8 Å². The van der Waals surface area contributed by atoms with Gasteiger partial charge in [-0.3, -0.25) is 4.79 Å². The van der Waals surface area contributed by atoms with Gasteiger partial charge in [-0.25, -0.2) is 9.37 Å². The van der Waals surface area contributed by atoms with E-state index in [0.717, 1.165) is 30.0 Å². The van der Waals surface area contributed by atoms with Gasteiger partial charge in [-0.15, -0.1) is 11.3 Å². The Labute approximate surface area is 145 Å². The molecule has 0 unspecified atom stereocenters. The third kappa shape index (κ3) is 3.65. The molecule has 1 aliphatic heterocycles. The summed E-state index contributed by atoms with van der Waals surface area (Å²) in [7, 11) is 0. The molecule has 1 saturated heterocycles. The maximum absolute atomic E-state index is 13.0. The molecule has 0 aliphatic carbocycles. The number of carbonyl (C=O) groups is 1. The van der Waals surface area contributed by atoms with E-state index >= 15 is 0 Å². The van der Waals surface area contributed by atoms with Gasteiger partial charge in [-0.1, -0.05) is 19.1 Å². The summed E-state index contributed by atoms with van der Waals surface area (Å²) in [5, 5.41) is 0.860. The summed E-state index contributed by atoms with van der Waals surface area (Å²) in [6.07, 6.45) is 4.39. The SMILES string of the molecule is C[C@H]1CCCN(C(=O)c2cnc(Cc3ccc(F)cc3)s2)[C@H]1CN. The van der Waals surface area contributed by atoms with Crippen LogP contribution < -0.4 is 5.73 Å². The predicted molar refractivity (Wildman–Crippen MR) is 93.6 cm³/mol. The fourth-order valence-corrected chi connectivity index (χ4v) is 4.18. The number of amides is 1. The van der Waals surface area contributed by atoms with E-state index in [-0.39, 0.29) is 17.8 Å². The van der Waals surface area contributed by atoms with Gasteiger partial charge < -0.3 is 10.6 Å². The number of hydrogen-bond acceptors (Lipinski definition) is 4. The summed E-state index contributed by atoms with van der Waals surface area (Å²) in [6, 6.07) is 6.48. The molecule has 1 amide bonds. The van der Waals surface area contributed by atoms with Crippen LogP contribution in [0.5, 0.6) is 0 Å². The lowest BCUT2D eigenvalue weighted by molar-refractivity contribution is 0.0537. The highest BCUT2D eigenvalue weighted by molar-refractivity contribution is 7.13. The molecule has 4 nitrogen and oxygen atoms in total. The standard InChI is InChI=1S/C18H22FN3OS/c1-12-3-2-8-22(15(12)10-20)18(23)16-11-21-17(24-16)9-13-4-6-14(19)7-5-13/h4-7,11-12,15H,2-3,8-10,20H2,1H3/t12-,15-/m0/s1. The first-order valence-corrected chi connectivity index (χ1v) is 9.10. The lowest BCUT2D eigenvalue weighted by Crippen LogP contribution is -2.51. The fourth-order valence-electron chi connectivity index (χ4n) is 3.27. The highest BCUT2D eigenvalue weighted by atomic mass is 32.1. The molecule has 0 radical (unpaired) electrons. The molecule has 1 aromatic carbocycles. The highest BCUT2D eigenvalue weighted by Gasteiger charge is 2.32. The molecule has 2 atom stereocenters. The first kappa shape index (κ1) is 17.0. The van der Waals surface area contributed by atoms with Gasteiger partial charge in [-0.05, 0) is 36.5 Å². The second kappa shape index (κ2) is 7.40. The number of halogens is 1. The van der Waals surface area contributed by atoms with Crippen molar-refractivity contribution in [2.24, 2.45) is 11.7 Å². The van der Waals surface area contributed by atoms with Crippen LogP contribution in [-0.4, -0.2) is 34.9 Å². The molecule has 2 heterocycles. The third-order valence-corrected chi connectivity index (χ3v) is 5.64. The molecular formula is C18H22FN3OS. The van der Waals surface area contributed by atoms with Crippen LogP contribution in [0.2, 0.25) is 0 Å². The molecule has 0 spiro atoms. The molecule has 128 valence electrons. The molecule has 0 saturated carbocycles. The summed E-state index contributed by atoms with van der Waals surface area (Å²) in [6.45, 7) is 3.41. The summed E-state index contributed by atoms with van der Waals surface area (Å²) in [4.78, 5) is 19.7. The first-order valence-electron chi connectivity index (χ1n) is 8.28. The Hall–Kier alpha value is -1.79. The third-order valence-electron chi connectivity index (χ3n) is 4.65. The number of hydrogen-bond donors (Lipinski definition) is 1. The lowest BCUT2D eigenvalue weighted by atomic mass is 9.90. The van der Waals surface area contributed by atoms with Crippen molar-refractivity contribution in [1.82, 2.24) is 9.88 Å². The van der Waals surface area contributed by atoms with Crippen molar-refractivity contribution in [3.05, 3.63) is 51.7 Å². The molecule has 2 aromatic rings. The number of nitrogens with zero attached hydrogens (tertiary/aromatic N) is 2. The van der Waals surface area contributed by atoms with Crippen molar-refractivity contribution < 1.29 is 9.18 Å². The normalized spacial score (nSPS) is 21.0. The van der Waals surface area contributed by atoms with Crippen LogP contribution in [0.1, 0.15) is 40.0 Å². The number of benzene rings is 1. The van der Waals surface area contributed by atoms with E-state index in [2.05, 4.69) is 11.9 Å². The zero-order valence-electron chi connectivity index (χ0n) is 13.7. The van der Waals surface area contributed by atoms with Gasteiger partial charge in [0.15, 0.2) is 0 Å². The second-order valence-corrected chi connectivity index (χ2v) is 7.46. The lowest BCUT2D eigenvalue weighted by Gasteiger charge is -2.39. The van der Waals surface area contributed by atoms with Crippen LogP contribution >= 0.6 is 11.3 Å². The van der Waals surface area contributed by atoms with Crippen molar-refractivity contribution in [1.29, 1.82) is 0 Å². The Kier molecular flexibility index (Phi) is 5.26. The second-order valence-electron chi connectivity index (χ2n) is 6.34. The van der Waals surface area contributed by atoms with Crippen molar-refractivity contribution in [3.63, 3.8) is 0 Å². The molecule has 3 rings (SSSR count). The van der Waals surface area contributed by atoms with Gasteiger partial charge >= 0.3 is 0 Å². The minimum absolute atomic E-state index is 0.0276.